The lowest BCUT2D eigenvalue weighted by atomic mass is 9.97. The van der Waals surface area contributed by atoms with Crippen LogP contribution in [0.15, 0.2) is 279 Å². The second kappa shape index (κ2) is 20.6. The number of benzene rings is 11. The van der Waals surface area contributed by atoms with Gasteiger partial charge in [0.2, 0.25) is 0 Å². The number of aryl methyl sites for hydroxylation is 3. The fourth-order valence-electron chi connectivity index (χ4n) is 10.8. The zero-order valence-corrected chi connectivity index (χ0v) is 43.8. The molecule has 78 heavy (non-hydrogen) atoms. The van der Waals surface area contributed by atoms with Crippen LogP contribution in [0.2, 0.25) is 0 Å². The predicted octanol–water partition coefficient (Wildman–Crippen LogP) is 19.8. The number of hydrogen-bond acceptors (Lipinski definition) is 4. The van der Waals surface area contributed by atoms with E-state index >= 15 is 0 Å². The third kappa shape index (κ3) is 9.29. The molecule has 0 N–H and O–H groups in total. The Morgan fingerprint density at radius 1 is 0.282 bits per heavy atom. The van der Waals surface area contributed by atoms with Gasteiger partial charge in [-0.15, -0.1) is 0 Å². The number of nitrogens with zero attached hydrogens (tertiary/aromatic N) is 5. The number of hydrogen-bond donors (Lipinski definition) is 0. The maximum absolute atomic E-state index is 5.06. The minimum atomic E-state index is 0.711. The molecule has 0 atom stereocenters. The van der Waals surface area contributed by atoms with Crippen molar-refractivity contribution >= 4 is 55.9 Å². The number of rotatable bonds is 12. The normalized spacial score (nSPS) is 11.3. The summed E-state index contributed by atoms with van der Waals surface area (Å²) in [5, 5.41) is 2.35. The van der Waals surface area contributed by atoms with Gasteiger partial charge in [-0.2, -0.15) is 0 Å². The zero-order chi connectivity index (χ0) is 52.5. The highest BCUT2D eigenvalue weighted by molar-refractivity contribution is 6.12. The maximum Gasteiger partial charge on any atom is 0.160 e. The topological polar surface area (TPSA) is 37.2 Å². The minimum Gasteiger partial charge on any atom is -0.310 e. The standard InChI is InChI=1S/C73H55N5/c1-50-24-37-62(38-25-50)77(63-39-26-51(2)27-40-63)65-42-45-72-67(48-65)66-47-64(76(60-20-12-6-13-21-60)61-22-14-7-15-23-61)41-44-71(66)78(72)70-43-36-59(46-52(70)3)55-30-28-53(29-31-55)54-32-34-57(35-33-54)69-49-68(56-16-8-4-9-17-56)74-73(75-69)58-18-10-5-11-19-58/h4-49H,1-3H3. The van der Waals surface area contributed by atoms with Crippen LogP contribution < -0.4 is 9.80 Å². The van der Waals surface area contributed by atoms with Crippen molar-refractivity contribution in [3.05, 3.63) is 296 Å². The van der Waals surface area contributed by atoms with E-state index in [2.05, 4.69) is 278 Å². The second-order valence-electron chi connectivity index (χ2n) is 20.1. The molecule has 0 radical (unpaired) electrons. The van der Waals surface area contributed by atoms with Crippen LogP contribution in [-0.2, 0) is 0 Å². The third-order valence-electron chi connectivity index (χ3n) is 14.9. The van der Waals surface area contributed by atoms with E-state index in [0.29, 0.717) is 5.82 Å². The van der Waals surface area contributed by atoms with Crippen LogP contribution in [0.3, 0.4) is 0 Å². The Bertz CT molecular complexity index is 4090. The maximum atomic E-state index is 5.06. The van der Waals surface area contributed by atoms with Crippen molar-refractivity contribution in [2.45, 2.75) is 20.8 Å². The zero-order valence-electron chi connectivity index (χ0n) is 43.8. The summed E-state index contributed by atoms with van der Waals surface area (Å²) >= 11 is 0. The summed E-state index contributed by atoms with van der Waals surface area (Å²) in [6.07, 6.45) is 0. The first-order valence-electron chi connectivity index (χ1n) is 26.6. The van der Waals surface area contributed by atoms with Crippen molar-refractivity contribution in [3.8, 4) is 61.8 Å². The van der Waals surface area contributed by atoms with Gasteiger partial charge in [-0.3, -0.25) is 0 Å². The van der Waals surface area contributed by atoms with E-state index in [1.54, 1.807) is 0 Å². The molecule has 0 aliphatic heterocycles. The summed E-state index contributed by atoms with van der Waals surface area (Å²) in [6.45, 7) is 6.52. The van der Waals surface area contributed by atoms with E-state index in [1.165, 1.54) is 38.6 Å². The molecule has 372 valence electrons. The lowest BCUT2D eigenvalue weighted by Crippen LogP contribution is -2.10. The van der Waals surface area contributed by atoms with Crippen LogP contribution in [0.5, 0.6) is 0 Å². The lowest BCUT2D eigenvalue weighted by molar-refractivity contribution is 1.15. The number of fused-ring (bicyclic) bond motifs is 3. The van der Waals surface area contributed by atoms with Crippen LogP contribution in [0.1, 0.15) is 16.7 Å². The van der Waals surface area contributed by atoms with Crippen LogP contribution >= 0.6 is 0 Å². The number of aromatic nitrogens is 3. The minimum absolute atomic E-state index is 0.711. The molecule has 0 saturated heterocycles. The molecule has 5 heteroatoms. The van der Waals surface area contributed by atoms with E-state index in [4.69, 9.17) is 9.97 Å². The Morgan fingerprint density at radius 3 is 1.09 bits per heavy atom. The number of anilines is 6. The highest BCUT2D eigenvalue weighted by atomic mass is 15.1. The summed E-state index contributed by atoms with van der Waals surface area (Å²) in [4.78, 5) is 14.8. The van der Waals surface area contributed by atoms with Crippen molar-refractivity contribution in [3.63, 3.8) is 0 Å². The van der Waals surface area contributed by atoms with Gasteiger partial charge in [0.1, 0.15) is 0 Å². The van der Waals surface area contributed by atoms with Crippen molar-refractivity contribution in [2.24, 2.45) is 0 Å². The molecular formula is C73H55N5. The number of para-hydroxylation sites is 2. The first-order chi connectivity index (χ1) is 38.4. The van der Waals surface area contributed by atoms with Gasteiger partial charge >= 0.3 is 0 Å². The Labute approximate surface area is 456 Å². The molecule has 0 unspecified atom stereocenters. The summed E-state index contributed by atoms with van der Waals surface area (Å²) in [6, 6.07) is 100. The average molecular weight is 1000 g/mol. The predicted molar refractivity (Wildman–Crippen MR) is 327 cm³/mol. The Kier molecular flexibility index (Phi) is 12.5. The lowest BCUT2D eigenvalue weighted by Gasteiger charge is -2.26. The second-order valence-corrected chi connectivity index (χ2v) is 20.1. The van der Waals surface area contributed by atoms with Gasteiger partial charge in [0.15, 0.2) is 5.82 Å². The molecule has 11 aromatic carbocycles. The van der Waals surface area contributed by atoms with Gasteiger partial charge in [-0.05, 0) is 152 Å². The van der Waals surface area contributed by atoms with Crippen molar-refractivity contribution in [1.29, 1.82) is 0 Å². The molecule has 0 spiro atoms. The molecule has 13 aromatic rings. The molecule has 0 saturated carbocycles. The van der Waals surface area contributed by atoms with E-state index in [1.807, 2.05) is 36.4 Å². The van der Waals surface area contributed by atoms with E-state index in [-0.39, 0.29) is 0 Å². The molecule has 0 fully saturated rings. The van der Waals surface area contributed by atoms with Crippen LogP contribution in [0.25, 0.3) is 83.6 Å². The van der Waals surface area contributed by atoms with E-state index in [0.717, 1.165) is 90.1 Å². The Hall–Kier alpha value is -10.1. The molecule has 0 bridgehead atoms. The molecule has 2 heterocycles. The van der Waals surface area contributed by atoms with Crippen LogP contribution in [0.4, 0.5) is 34.1 Å². The van der Waals surface area contributed by atoms with E-state index < -0.39 is 0 Å². The fraction of sp³-hybridized carbons (Fsp3) is 0.0411. The van der Waals surface area contributed by atoms with Gasteiger partial charge < -0.3 is 14.4 Å². The highest BCUT2D eigenvalue weighted by Gasteiger charge is 2.21. The van der Waals surface area contributed by atoms with Gasteiger partial charge in [-0.25, -0.2) is 9.97 Å². The Morgan fingerprint density at radius 2 is 0.641 bits per heavy atom. The fourth-order valence-corrected chi connectivity index (χ4v) is 10.8. The van der Waals surface area contributed by atoms with Crippen molar-refractivity contribution in [1.82, 2.24) is 14.5 Å². The molecule has 2 aromatic heterocycles. The summed E-state index contributed by atoms with van der Waals surface area (Å²) in [5.74, 6) is 0.711. The largest absolute Gasteiger partial charge is 0.310 e. The van der Waals surface area contributed by atoms with Gasteiger partial charge in [0.25, 0.3) is 0 Å². The molecule has 0 aliphatic rings. The van der Waals surface area contributed by atoms with Crippen LogP contribution in [-0.4, -0.2) is 14.5 Å². The Balaban J connectivity index is 0.864. The summed E-state index contributed by atoms with van der Waals surface area (Å²) in [7, 11) is 0. The molecule has 0 aliphatic carbocycles. The van der Waals surface area contributed by atoms with Crippen molar-refractivity contribution < 1.29 is 0 Å². The monoisotopic (exact) mass is 1000 g/mol. The SMILES string of the molecule is Cc1ccc(N(c2ccc(C)cc2)c2ccc3c(c2)c2cc(N(c4ccccc4)c4ccccc4)ccc2n3-c2ccc(-c3ccc(-c4ccc(-c5cc(-c6ccccc6)nc(-c6ccccc6)n5)cc4)cc3)cc2C)cc1. The first-order valence-corrected chi connectivity index (χ1v) is 26.6. The smallest absolute Gasteiger partial charge is 0.160 e. The van der Waals surface area contributed by atoms with Crippen LogP contribution in [0, 0.1) is 20.8 Å². The molecule has 13 rings (SSSR count). The summed E-state index contributed by atoms with van der Waals surface area (Å²) < 4.78 is 2.45. The molecular weight excluding hydrogens is 947 g/mol. The van der Waals surface area contributed by atoms with Gasteiger partial charge in [0, 0.05) is 67.3 Å². The van der Waals surface area contributed by atoms with Gasteiger partial charge in [-0.1, -0.05) is 187 Å². The van der Waals surface area contributed by atoms with E-state index in [9.17, 15) is 0 Å². The highest BCUT2D eigenvalue weighted by Crippen LogP contribution is 2.44. The molecule has 5 nitrogen and oxygen atoms in total. The first kappa shape index (κ1) is 47.6. The average Bonchev–Trinajstić information content (AvgIpc) is 4.05. The summed E-state index contributed by atoms with van der Waals surface area (Å²) in [5.41, 5.74) is 23.2. The van der Waals surface area contributed by atoms with Crippen molar-refractivity contribution in [2.75, 3.05) is 9.80 Å². The molecule has 0 amide bonds. The third-order valence-corrected chi connectivity index (χ3v) is 14.9. The quantitative estimate of drug-likeness (QED) is 0.122. The van der Waals surface area contributed by atoms with Gasteiger partial charge in [0.05, 0.1) is 22.4 Å².